The molecule has 0 saturated carbocycles. The molecule has 8 heteroatoms. The molecule has 5 nitrogen and oxygen atoms in total. The zero-order valence-corrected chi connectivity index (χ0v) is 19.4. The second kappa shape index (κ2) is 9.43. The number of benzene rings is 3. The molecule has 0 amide bonds. The molecular formula is C24H19Cl2N3O2S. The highest BCUT2D eigenvalue weighted by molar-refractivity contribution is 7.85. The average molecular weight is 484 g/mol. The van der Waals surface area contributed by atoms with Gasteiger partial charge >= 0.3 is 0 Å². The van der Waals surface area contributed by atoms with E-state index in [1.807, 2.05) is 25.1 Å². The third-order valence-electron chi connectivity index (χ3n) is 5.32. The van der Waals surface area contributed by atoms with Crippen molar-refractivity contribution in [2.75, 3.05) is 12.4 Å². The molecule has 2 unspecified atom stereocenters. The fraction of sp³-hybridized carbons (Fsp3) is 0.167. The van der Waals surface area contributed by atoms with Gasteiger partial charge in [-0.3, -0.25) is 4.21 Å². The van der Waals surface area contributed by atoms with Crippen LogP contribution in [0, 0.1) is 11.3 Å². The van der Waals surface area contributed by atoms with Crippen molar-refractivity contribution in [1.82, 2.24) is 9.97 Å². The normalized spacial score (nSPS) is 13.1. The highest BCUT2D eigenvalue weighted by atomic mass is 35.5. The Hall–Kier alpha value is -2.69. The summed E-state index contributed by atoms with van der Waals surface area (Å²) in [5.74, 6) is 0.662. The highest BCUT2D eigenvalue weighted by Gasteiger charge is 2.22. The molecule has 2 atom stereocenters. The molecule has 0 aliphatic heterocycles. The summed E-state index contributed by atoms with van der Waals surface area (Å²) in [6.45, 7) is 1.69. The van der Waals surface area contributed by atoms with Crippen LogP contribution in [0.2, 0.25) is 10.0 Å². The van der Waals surface area contributed by atoms with Gasteiger partial charge in [0.1, 0.15) is 11.3 Å². The van der Waals surface area contributed by atoms with Gasteiger partial charge in [0.05, 0.1) is 50.5 Å². The highest BCUT2D eigenvalue weighted by Crippen LogP contribution is 2.41. The lowest BCUT2D eigenvalue weighted by molar-refractivity contribution is 0.277. The molecular weight excluding hydrogens is 465 g/mol. The molecule has 0 aliphatic rings. The molecule has 2 N–H and O–H groups in total. The first kappa shape index (κ1) is 22.5. The number of hydrogen-bond acceptors (Lipinski definition) is 4. The van der Waals surface area contributed by atoms with Crippen LogP contribution in [-0.2, 0) is 10.8 Å². The van der Waals surface area contributed by atoms with Crippen molar-refractivity contribution in [3.63, 3.8) is 0 Å². The second-order valence-corrected chi connectivity index (χ2v) is 9.69. The van der Waals surface area contributed by atoms with Crippen LogP contribution < -0.4 is 0 Å². The number of aliphatic hydroxyl groups is 1. The number of imidazole rings is 1. The van der Waals surface area contributed by atoms with E-state index >= 15 is 0 Å². The number of nitrogens with one attached hydrogen (secondary N) is 1. The van der Waals surface area contributed by atoms with Crippen LogP contribution in [-0.4, -0.2) is 31.6 Å². The van der Waals surface area contributed by atoms with Crippen molar-refractivity contribution in [1.29, 1.82) is 5.26 Å². The lowest BCUT2D eigenvalue weighted by Gasteiger charge is -2.12. The number of hydrogen-bond donors (Lipinski definition) is 2. The van der Waals surface area contributed by atoms with Crippen molar-refractivity contribution in [3.05, 3.63) is 81.6 Å². The Morgan fingerprint density at radius 2 is 1.91 bits per heavy atom. The van der Waals surface area contributed by atoms with Crippen molar-refractivity contribution in [2.24, 2.45) is 0 Å². The SMILES string of the molecule is CCS(=O)c1ccc(C(CO)c2nc3c(Cl)c(-c4ccccc4C#N)c(Cl)cc3[nH]2)cc1. The van der Waals surface area contributed by atoms with E-state index in [0.717, 1.165) is 10.5 Å². The van der Waals surface area contributed by atoms with E-state index in [9.17, 15) is 14.6 Å². The molecule has 0 saturated heterocycles. The summed E-state index contributed by atoms with van der Waals surface area (Å²) in [6, 6.07) is 18.3. The molecule has 0 radical (unpaired) electrons. The van der Waals surface area contributed by atoms with E-state index in [4.69, 9.17) is 23.2 Å². The predicted octanol–water partition coefficient (Wildman–Crippen LogP) is 5.66. The Morgan fingerprint density at radius 3 is 2.56 bits per heavy atom. The van der Waals surface area contributed by atoms with Crippen LogP contribution in [0.4, 0.5) is 0 Å². The maximum absolute atomic E-state index is 12.0. The largest absolute Gasteiger partial charge is 0.395 e. The van der Waals surface area contributed by atoms with Gasteiger partial charge < -0.3 is 10.1 Å². The third-order valence-corrected chi connectivity index (χ3v) is 7.31. The van der Waals surface area contributed by atoms with E-state index in [1.165, 1.54) is 0 Å². The lowest BCUT2D eigenvalue weighted by Crippen LogP contribution is -2.08. The number of aliphatic hydroxyl groups excluding tert-OH is 1. The smallest absolute Gasteiger partial charge is 0.117 e. The lowest BCUT2D eigenvalue weighted by atomic mass is 9.99. The summed E-state index contributed by atoms with van der Waals surface area (Å²) in [4.78, 5) is 8.63. The maximum atomic E-state index is 12.0. The van der Waals surface area contributed by atoms with E-state index in [0.29, 0.717) is 49.3 Å². The van der Waals surface area contributed by atoms with Gasteiger partial charge in [0.2, 0.25) is 0 Å². The number of rotatable bonds is 6. The Bertz CT molecular complexity index is 1360. The molecule has 0 spiro atoms. The molecule has 0 aliphatic carbocycles. The van der Waals surface area contributed by atoms with Gasteiger partial charge in [0.25, 0.3) is 0 Å². The van der Waals surface area contributed by atoms with Gasteiger partial charge in [-0.15, -0.1) is 0 Å². The quantitative estimate of drug-likeness (QED) is 0.370. The molecule has 1 aromatic heterocycles. The predicted molar refractivity (Wildman–Crippen MR) is 129 cm³/mol. The summed E-state index contributed by atoms with van der Waals surface area (Å²) in [7, 11) is -1.04. The van der Waals surface area contributed by atoms with Crippen molar-refractivity contribution in [2.45, 2.75) is 17.7 Å². The van der Waals surface area contributed by atoms with Crippen LogP contribution in [0.15, 0.2) is 59.5 Å². The van der Waals surface area contributed by atoms with Gasteiger partial charge in [-0.2, -0.15) is 5.26 Å². The van der Waals surface area contributed by atoms with Gasteiger partial charge in [-0.1, -0.05) is 60.5 Å². The molecule has 1 heterocycles. The summed E-state index contributed by atoms with van der Waals surface area (Å²) < 4.78 is 12.0. The molecule has 4 rings (SSSR count). The molecule has 0 fully saturated rings. The van der Waals surface area contributed by atoms with E-state index in [2.05, 4.69) is 16.0 Å². The van der Waals surface area contributed by atoms with Gasteiger partial charge in [0.15, 0.2) is 0 Å². The van der Waals surface area contributed by atoms with Crippen LogP contribution in [0.3, 0.4) is 0 Å². The minimum atomic E-state index is -1.04. The number of nitriles is 1. The first-order valence-corrected chi connectivity index (χ1v) is 12.0. The summed E-state index contributed by atoms with van der Waals surface area (Å²) >= 11 is 13.3. The summed E-state index contributed by atoms with van der Waals surface area (Å²) in [5.41, 5.74) is 3.62. The Morgan fingerprint density at radius 1 is 1.19 bits per heavy atom. The van der Waals surface area contributed by atoms with Crippen LogP contribution >= 0.6 is 23.2 Å². The fourth-order valence-electron chi connectivity index (χ4n) is 3.68. The number of halogens is 2. The molecule has 4 aromatic rings. The van der Waals surface area contributed by atoms with Crippen molar-refractivity contribution in [3.8, 4) is 17.2 Å². The standard InChI is InChI=1S/C24H19Cl2N3O2S/c1-2-32(31)16-9-7-14(8-10-16)18(13-30)24-28-20-11-19(25)21(22(26)23(20)29-24)17-6-4-3-5-15(17)12-27/h3-11,18,30H,2,13H2,1H3,(H,28,29). The van der Waals surface area contributed by atoms with Gasteiger partial charge in [-0.25, -0.2) is 4.98 Å². The van der Waals surface area contributed by atoms with E-state index in [1.54, 1.807) is 36.4 Å². The van der Waals surface area contributed by atoms with Crippen LogP contribution in [0.5, 0.6) is 0 Å². The molecule has 3 aromatic carbocycles. The number of fused-ring (bicyclic) bond motifs is 1. The first-order chi connectivity index (χ1) is 15.5. The first-order valence-electron chi connectivity index (χ1n) is 9.94. The zero-order valence-electron chi connectivity index (χ0n) is 17.1. The van der Waals surface area contributed by atoms with E-state index in [-0.39, 0.29) is 6.61 Å². The zero-order chi connectivity index (χ0) is 22.8. The monoisotopic (exact) mass is 483 g/mol. The van der Waals surface area contributed by atoms with Gasteiger partial charge in [-0.05, 0) is 29.8 Å². The van der Waals surface area contributed by atoms with Gasteiger partial charge in [0, 0.05) is 21.8 Å². The number of aromatic amines is 1. The number of nitrogens with zero attached hydrogens (tertiary/aromatic N) is 2. The fourth-order valence-corrected chi connectivity index (χ4v) is 5.15. The van der Waals surface area contributed by atoms with Crippen LogP contribution in [0.25, 0.3) is 22.2 Å². The molecule has 162 valence electrons. The van der Waals surface area contributed by atoms with E-state index < -0.39 is 16.7 Å². The Labute approximate surface area is 198 Å². The number of aromatic nitrogens is 2. The Kier molecular flexibility index (Phi) is 6.63. The summed E-state index contributed by atoms with van der Waals surface area (Å²) in [5, 5.41) is 20.3. The maximum Gasteiger partial charge on any atom is 0.117 e. The van der Waals surface area contributed by atoms with Crippen LogP contribution in [0.1, 0.15) is 29.8 Å². The van der Waals surface area contributed by atoms with Crippen molar-refractivity contribution >= 4 is 45.0 Å². The average Bonchev–Trinajstić information content (AvgIpc) is 3.23. The topological polar surface area (TPSA) is 89.8 Å². The minimum Gasteiger partial charge on any atom is -0.395 e. The third kappa shape index (κ3) is 4.05. The number of H-pyrrole nitrogens is 1. The Balaban J connectivity index is 1.80. The molecule has 0 bridgehead atoms. The second-order valence-electron chi connectivity index (χ2n) is 7.16. The van der Waals surface area contributed by atoms with Crippen molar-refractivity contribution < 1.29 is 9.32 Å². The molecule has 32 heavy (non-hydrogen) atoms. The summed E-state index contributed by atoms with van der Waals surface area (Å²) in [6.07, 6.45) is 0. The minimum absolute atomic E-state index is 0.175.